The van der Waals surface area contributed by atoms with E-state index < -0.39 is 0 Å². The molecule has 1 atom stereocenters. The van der Waals surface area contributed by atoms with E-state index in [1.807, 2.05) is 19.9 Å². The van der Waals surface area contributed by atoms with E-state index in [2.05, 4.69) is 10.3 Å². The number of pyridine rings is 1. The summed E-state index contributed by atoms with van der Waals surface area (Å²) in [6.45, 7) is 4.95. The molecule has 7 heteroatoms. The molecule has 0 fully saturated rings. The van der Waals surface area contributed by atoms with Gasteiger partial charge in [-0.15, -0.1) is 11.6 Å². The monoisotopic (exact) mass is 377 g/mol. The van der Waals surface area contributed by atoms with Gasteiger partial charge in [0.1, 0.15) is 29.8 Å². The molecule has 0 aliphatic carbocycles. The Kier molecular flexibility index (Phi) is 5.61. The molecule has 3 rings (SSSR count). The number of amides is 1. The minimum Gasteiger partial charge on any atom is -0.474 e. The predicted molar refractivity (Wildman–Crippen MR) is 101 cm³/mol. The lowest BCUT2D eigenvalue weighted by Gasteiger charge is -2.34. The van der Waals surface area contributed by atoms with Crippen LogP contribution in [0.1, 0.15) is 25.0 Å². The van der Waals surface area contributed by atoms with Crippen LogP contribution < -0.4 is 15.0 Å². The first-order chi connectivity index (χ1) is 12.5. The Hall–Kier alpha value is -2.34. The van der Waals surface area contributed by atoms with Gasteiger partial charge in [-0.25, -0.2) is 4.39 Å². The largest absolute Gasteiger partial charge is 0.474 e. The average Bonchev–Trinajstić information content (AvgIpc) is 2.64. The number of hydrogen-bond acceptors (Lipinski definition) is 4. The van der Waals surface area contributed by atoms with Gasteiger partial charge in [0, 0.05) is 18.5 Å². The van der Waals surface area contributed by atoms with Crippen molar-refractivity contribution >= 4 is 29.0 Å². The Morgan fingerprint density at radius 3 is 2.81 bits per heavy atom. The van der Waals surface area contributed by atoms with Gasteiger partial charge in [0.2, 0.25) is 11.8 Å². The quantitative estimate of drug-likeness (QED) is 0.809. The number of fused-ring (bicyclic) bond motifs is 1. The second-order valence-electron chi connectivity index (χ2n) is 6.21. The van der Waals surface area contributed by atoms with E-state index in [0.717, 1.165) is 11.1 Å². The first-order valence-electron chi connectivity index (χ1n) is 8.56. The molecule has 0 spiro atoms. The summed E-state index contributed by atoms with van der Waals surface area (Å²) in [4.78, 5) is 18.5. The van der Waals surface area contributed by atoms with Crippen LogP contribution in [-0.4, -0.2) is 36.0 Å². The highest BCUT2D eigenvalue weighted by atomic mass is 35.5. The summed E-state index contributed by atoms with van der Waals surface area (Å²) in [7, 11) is 0. The number of nitrogens with one attached hydrogen (secondary N) is 1. The zero-order valence-electron chi connectivity index (χ0n) is 14.8. The number of carbonyl (C=O) groups is 1. The van der Waals surface area contributed by atoms with Gasteiger partial charge in [-0.05, 0) is 37.6 Å². The number of aromatic nitrogens is 1. The van der Waals surface area contributed by atoms with Crippen molar-refractivity contribution in [3.8, 4) is 5.88 Å². The minimum absolute atomic E-state index is 0.105. The van der Waals surface area contributed by atoms with Crippen molar-refractivity contribution in [2.75, 3.05) is 29.2 Å². The van der Waals surface area contributed by atoms with Crippen LogP contribution in [0.15, 0.2) is 30.3 Å². The van der Waals surface area contributed by atoms with E-state index >= 15 is 0 Å². The van der Waals surface area contributed by atoms with Crippen molar-refractivity contribution in [2.45, 2.75) is 26.3 Å². The summed E-state index contributed by atoms with van der Waals surface area (Å²) in [5.41, 5.74) is 2.47. The number of anilines is 2. The van der Waals surface area contributed by atoms with Gasteiger partial charge in [-0.1, -0.05) is 12.1 Å². The van der Waals surface area contributed by atoms with Crippen LogP contribution >= 0.6 is 11.6 Å². The standard InChI is InChI=1S/C19H21ClFN3O2/c1-3-22-18-14(8-13-4-6-15(21)7-5-13)9-16-19(23-18)26-11-12(2)24(16)17(25)10-20/h4-7,9,12H,3,8,10-11H2,1-2H3,(H,22,23)/t12-/m0/s1. The maximum atomic E-state index is 13.2. The molecule has 0 saturated heterocycles. The maximum Gasteiger partial charge on any atom is 0.242 e. The molecule has 138 valence electrons. The summed E-state index contributed by atoms with van der Waals surface area (Å²) in [6, 6.07) is 8.13. The highest BCUT2D eigenvalue weighted by Crippen LogP contribution is 2.36. The molecule has 5 nitrogen and oxygen atoms in total. The third-order valence-corrected chi connectivity index (χ3v) is 4.47. The minimum atomic E-state index is -0.273. The van der Waals surface area contributed by atoms with Crippen LogP contribution in [0.25, 0.3) is 0 Å². The number of alkyl halides is 1. The lowest BCUT2D eigenvalue weighted by atomic mass is 10.0. The van der Waals surface area contributed by atoms with E-state index in [-0.39, 0.29) is 23.6 Å². The van der Waals surface area contributed by atoms with Crippen molar-refractivity contribution in [3.05, 3.63) is 47.3 Å². The summed E-state index contributed by atoms with van der Waals surface area (Å²) in [5, 5.41) is 3.23. The summed E-state index contributed by atoms with van der Waals surface area (Å²) >= 11 is 5.78. The molecule has 2 heterocycles. The Labute approximate surface area is 157 Å². The molecular formula is C19H21ClFN3O2. The topological polar surface area (TPSA) is 54.5 Å². The molecule has 1 aromatic heterocycles. The Morgan fingerprint density at radius 2 is 2.15 bits per heavy atom. The number of halogens is 2. The first kappa shape index (κ1) is 18.5. The van der Waals surface area contributed by atoms with Gasteiger partial charge in [0.15, 0.2) is 0 Å². The van der Waals surface area contributed by atoms with Crippen LogP contribution in [0.2, 0.25) is 0 Å². The maximum absolute atomic E-state index is 13.2. The van der Waals surface area contributed by atoms with Crippen LogP contribution in [0.5, 0.6) is 5.88 Å². The van der Waals surface area contributed by atoms with Crippen LogP contribution in [-0.2, 0) is 11.2 Å². The highest BCUT2D eigenvalue weighted by Gasteiger charge is 2.31. The molecule has 1 N–H and O–H groups in total. The molecule has 2 aromatic rings. The van der Waals surface area contributed by atoms with Crippen molar-refractivity contribution in [1.29, 1.82) is 0 Å². The van der Waals surface area contributed by atoms with Crippen molar-refractivity contribution < 1.29 is 13.9 Å². The third-order valence-electron chi connectivity index (χ3n) is 4.24. The van der Waals surface area contributed by atoms with E-state index in [9.17, 15) is 9.18 Å². The number of rotatable bonds is 5. The van der Waals surface area contributed by atoms with Gasteiger partial charge in [0.25, 0.3) is 0 Å². The van der Waals surface area contributed by atoms with Crippen LogP contribution in [0.4, 0.5) is 15.9 Å². The lowest BCUT2D eigenvalue weighted by Crippen LogP contribution is -2.46. The average molecular weight is 378 g/mol. The fraction of sp³-hybridized carbons (Fsp3) is 0.368. The van der Waals surface area contributed by atoms with Gasteiger partial charge in [-0.3, -0.25) is 4.79 Å². The highest BCUT2D eigenvalue weighted by molar-refractivity contribution is 6.29. The van der Waals surface area contributed by atoms with E-state index in [0.29, 0.717) is 37.0 Å². The van der Waals surface area contributed by atoms with Crippen LogP contribution in [0, 0.1) is 5.82 Å². The van der Waals surface area contributed by atoms with Crippen molar-refractivity contribution in [2.24, 2.45) is 0 Å². The molecule has 0 bridgehead atoms. The number of benzene rings is 1. The molecule has 1 amide bonds. The van der Waals surface area contributed by atoms with Gasteiger partial charge in [-0.2, -0.15) is 4.98 Å². The Bertz CT molecular complexity index is 798. The zero-order valence-corrected chi connectivity index (χ0v) is 15.5. The molecule has 1 aromatic carbocycles. The summed E-state index contributed by atoms with van der Waals surface area (Å²) < 4.78 is 18.9. The fourth-order valence-corrected chi connectivity index (χ4v) is 3.17. The number of nitrogens with zero attached hydrogens (tertiary/aromatic N) is 2. The third kappa shape index (κ3) is 3.75. The molecule has 0 unspecified atom stereocenters. The fourth-order valence-electron chi connectivity index (χ4n) is 3.04. The molecule has 1 aliphatic heterocycles. The Balaban J connectivity index is 2.03. The predicted octanol–water partition coefficient (Wildman–Crippen LogP) is 3.60. The van der Waals surface area contributed by atoms with Gasteiger partial charge < -0.3 is 15.0 Å². The smallest absolute Gasteiger partial charge is 0.242 e. The summed E-state index contributed by atoms with van der Waals surface area (Å²) in [6.07, 6.45) is 0.556. The van der Waals surface area contributed by atoms with Crippen molar-refractivity contribution in [3.63, 3.8) is 0 Å². The zero-order chi connectivity index (χ0) is 18.7. The number of ether oxygens (including phenoxy) is 1. The molecule has 0 saturated carbocycles. The van der Waals surface area contributed by atoms with E-state index in [1.54, 1.807) is 17.0 Å². The van der Waals surface area contributed by atoms with Crippen molar-refractivity contribution in [1.82, 2.24) is 4.98 Å². The van der Waals surface area contributed by atoms with E-state index in [4.69, 9.17) is 16.3 Å². The molecule has 0 radical (unpaired) electrons. The van der Waals surface area contributed by atoms with Gasteiger partial charge in [0.05, 0.1) is 6.04 Å². The molecular weight excluding hydrogens is 357 g/mol. The Morgan fingerprint density at radius 1 is 1.42 bits per heavy atom. The number of carbonyl (C=O) groups excluding carboxylic acids is 1. The molecule has 1 aliphatic rings. The molecule has 26 heavy (non-hydrogen) atoms. The van der Waals surface area contributed by atoms with Crippen LogP contribution in [0.3, 0.4) is 0 Å². The lowest BCUT2D eigenvalue weighted by molar-refractivity contribution is -0.117. The first-order valence-corrected chi connectivity index (χ1v) is 9.10. The second kappa shape index (κ2) is 7.91. The van der Waals surface area contributed by atoms with Gasteiger partial charge >= 0.3 is 0 Å². The van der Waals surface area contributed by atoms with E-state index in [1.165, 1.54) is 12.1 Å². The second-order valence-corrected chi connectivity index (χ2v) is 6.48. The summed E-state index contributed by atoms with van der Waals surface area (Å²) in [5.74, 6) is 0.551. The number of hydrogen-bond donors (Lipinski definition) is 1. The normalized spacial score (nSPS) is 16.0. The SMILES string of the molecule is CCNc1nc2c(cc1Cc1ccc(F)cc1)N(C(=O)CCl)[C@@H](C)CO2.